The Morgan fingerprint density at radius 2 is 1.90 bits per heavy atom. The first kappa shape index (κ1) is 22.3. The number of hydrogen-bond acceptors (Lipinski definition) is 4. The van der Waals surface area contributed by atoms with E-state index in [4.69, 9.17) is 4.74 Å². The van der Waals surface area contributed by atoms with Crippen LogP contribution in [0, 0.1) is 6.92 Å². The Hall–Kier alpha value is -2.38. The first-order chi connectivity index (χ1) is 14.1. The van der Waals surface area contributed by atoms with Gasteiger partial charge in [-0.1, -0.05) is 18.2 Å². The second-order valence-corrected chi connectivity index (χ2v) is 10.1. The van der Waals surface area contributed by atoms with Crippen LogP contribution in [-0.2, 0) is 21.3 Å². The molecule has 162 valence electrons. The summed E-state index contributed by atoms with van der Waals surface area (Å²) < 4.78 is 30.6. The van der Waals surface area contributed by atoms with Gasteiger partial charge in [0, 0.05) is 32.3 Å². The summed E-state index contributed by atoms with van der Waals surface area (Å²) in [7, 11) is -1.79. The number of nitrogens with zero attached hydrogens (tertiary/aromatic N) is 2. The minimum Gasteiger partial charge on any atom is -0.379 e. The molecule has 0 atom stereocenters. The van der Waals surface area contributed by atoms with Gasteiger partial charge in [-0.25, -0.2) is 8.42 Å². The van der Waals surface area contributed by atoms with Gasteiger partial charge in [-0.3, -0.25) is 9.10 Å². The van der Waals surface area contributed by atoms with Crippen molar-refractivity contribution in [3.05, 3.63) is 53.1 Å². The molecule has 3 rings (SSSR count). The molecule has 7 heteroatoms. The number of carbonyl (C=O) groups excluding carboxylic acids is 1. The third-order valence-electron chi connectivity index (χ3n) is 5.34. The van der Waals surface area contributed by atoms with Crippen molar-refractivity contribution in [1.82, 2.24) is 4.90 Å². The zero-order chi connectivity index (χ0) is 22.1. The largest absolute Gasteiger partial charge is 0.379 e. The van der Waals surface area contributed by atoms with Gasteiger partial charge in [0.1, 0.15) is 0 Å². The maximum Gasteiger partial charge on any atom is 0.254 e. The molecule has 0 fully saturated rings. The third kappa shape index (κ3) is 4.84. The zero-order valence-corrected chi connectivity index (χ0v) is 19.1. The van der Waals surface area contributed by atoms with Crippen molar-refractivity contribution in [2.24, 2.45) is 0 Å². The zero-order valence-electron chi connectivity index (χ0n) is 18.3. The molecule has 0 N–H and O–H groups in total. The van der Waals surface area contributed by atoms with Crippen LogP contribution in [0.5, 0.6) is 0 Å². The van der Waals surface area contributed by atoms with E-state index >= 15 is 0 Å². The van der Waals surface area contributed by atoms with E-state index < -0.39 is 10.0 Å². The van der Waals surface area contributed by atoms with Crippen LogP contribution >= 0.6 is 0 Å². The van der Waals surface area contributed by atoms with Gasteiger partial charge >= 0.3 is 0 Å². The van der Waals surface area contributed by atoms with Gasteiger partial charge < -0.3 is 9.64 Å². The van der Waals surface area contributed by atoms with E-state index in [-0.39, 0.29) is 12.0 Å². The highest BCUT2D eigenvalue weighted by Gasteiger charge is 2.29. The van der Waals surface area contributed by atoms with Crippen molar-refractivity contribution in [3.8, 4) is 11.1 Å². The van der Waals surface area contributed by atoms with Crippen LogP contribution in [0.2, 0.25) is 0 Å². The summed E-state index contributed by atoms with van der Waals surface area (Å²) in [6, 6.07) is 11.5. The topological polar surface area (TPSA) is 66.9 Å². The molecule has 1 aliphatic rings. The summed E-state index contributed by atoms with van der Waals surface area (Å²) in [6.45, 7) is 7.87. The summed E-state index contributed by atoms with van der Waals surface area (Å²) in [6.07, 6.45) is 2.19. The molecule has 2 aromatic carbocycles. The number of amides is 1. The lowest BCUT2D eigenvalue weighted by Gasteiger charge is -2.17. The van der Waals surface area contributed by atoms with Crippen LogP contribution in [-0.4, -0.2) is 51.8 Å². The Morgan fingerprint density at radius 1 is 1.17 bits per heavy atom. The van der Waals surface area contributed by atoms with Crippen molar-refractivity contribution >= 4 is 21.6 Å². The van der Waals surface area contributed by atoms with E-state index in [1.165, 1.54) is 10.6 Å². The monoisotopic (exact) mass is 430 g/mol. The number of anilines is 1. The lowest BCUT2D eigenvalue weighted by Crippen LogP contribution is -2.26. The normalized spacial score (nSPS) is 13.8. The maximum atomic E-state index is 12.9. The van der Waals surface area contributed by atoms with Gasteiger partial charge in [0.2, 0.25) is 10.0 Å². The van der Waals surface area contributed by atoms with Crippen LogP contribution in [0.25, 0.3) is 11.1 Å². The van der Waals surface area contributed by atoms with Gasteiger partial charge in [0.15, 0.2) is 0 Å². The van der Waals surface area contributed by atoms with Crippen molar-refractivity contribution in [2.75, 3.05) is 30.8 Å². The number of ether oxygens (including phenoxy) is 1. The summed E-state index contributed by atoms with van der Waals surface area (Å²) in [5.74, 6) is 0.0733. The first-order valence-electron chi connectivity index (χ1n) is 10.2. The van der Waals surface area contributed by atoms with Crippen molar-refractivity contribution in [3.63, 3.8) is 0 Å². The number of sulfonamides is 1. The number of hydrogen-bond donors (Lipinski definition) is 0. The number of carbonyl (C=O) groups is 1. The fraction of sp³-hybridized carbons (Fsp3) is 0.435. The fourth-order valence-corrected chi connectivity index (χ4v) is 4.22. The molecule has 1 heterocycles. The fourth-order valence-electron chi connectivity index (χ4n) is 3.72. The van der Waals surface area contributed by atoms with E-state index in [1.807, 2.05) is 56.0 Å². The van der Waals surface area contributed by atoms with Crippen LogP contribution in [0.3, 0.4) is 0 Å². The Morgan fingerprint density at radius 3 is 2.57 bits per heavy atom. The minimum atomic E-state index is -3.33. The Kier molecular flexibility index (Phi) is 6.53. The lowest BCUT2D eigenvalue weighted by molar-refractivity contribution is 0.0629. The Balaban J connectivity index is 1.83. The summed E-state index contributed by atoms with van der Waals surface area (Å²) in [5, 5.41) is 0. The second-order valence-electron chi connectivity index (χ2n) is 8.11. The summed E-state index contributed by atoms with van der Waals surface area (Å²) >= 11 is 0. The quantitative estimate of drug-likeness (QED) is 0.597. The maximum absolute atomic E-state index is 12.9. The molecular formula is C23H30N2O4S. The summed E-state index contributed by atoms with van der Waals surface area (Å²) in [5.41, 5.74) is 5.25. The van der Waals surface area contributed by atoms with E-state index in [2.05, 4.69) is 0 Å². The smallest absolute Gasteiger partial charge is 0.254 e. The number of aryl methyl sites for hydroxylation is 1. The van der Waals surface area contributed by atoms with Crippen LogP contribution in [0.15, 0.2) is 36.4 Å². The average molecular weight is 431 g/mol. The van der Waals surface area contributed by atoms with Crippen molar-refractivity contribution in [2.45, 2.75) is 39.8 Å². The van der Waals surface area contributed by atoms with Crippen LogP contribution < -0.4 is 4.31 Å². The number of fused-ring (bicyclic) bond motifs is 1. The van der Waals surface area contributed by atoms with Crippen LogP contribution in [0.4, 0.5) is 5.69 Å². The van der Waals surface area contributed by atoms with Gasteiger partial charge in [-0.2, -0.15) is 0 Å². The molecule has 0 spiro atoms. The molecule has 2 aromatic rings. The van der Waals surface area contributed by atoms with Gasteiger partial charge in [0.25, 0.3) is 5.91 Å². The molecule has 6 nitrogen and oxygen atoms in total. The molecule has 1 aliphatic heterocycles. The second kappa shape index (κ2) is 8.78. The molecule has 0 saturated heterocycles. The molecule has 1 amide bonds. The van der Waals surface area contributed by atoms with Crippen molar-refractivity contribution in [1.29, 1.82) is 0 Å². The standard InChI is InChI=1S/C23H30N2O4S/c1-16(2)29-11-7-10-25-15-20-13-19(12-17(3)22(20)23(25)26)18-8-6-9-21(14-18)24(4)30(5,27)28/h6,8-9,12-14,16H,7,10-11,15H2,1-5H3. The van der Waals surface area contributed by atoms with E-state index in [9.17, 15) is 13.2 Å². The molecule has 0 aliphatic carbocycles. The lowest BCUT2D eigenvalue weighted by atomic mass is 9.96. The highest BCUT2D eigenvalue weighted by atomic mass is 32.2. The Bertz CT molecular complexity index is 1050. The minimum absolute atomic E-state index is 0.0733. The predicted molar refractivity (Wildman–Crippen MR) is 120 cm³/mol. The van der Waals surface area contributed by atoms with Crippen LogP contribution in [0.1, 0.15) is 41.8 Å². The SMILES string of the molecule is Cc1cc(-c2cccc(N(C)S(C)(=O)=O)c2)cc2c1C(=O)N(CCCOC(C)C)C2. The molecule has 0 aromatic heterocycles. The highest BCUT2D eigenvalue weighted by molar-refractivity contribution is 7.92. The molecule has 30 heavy (non-hydrogen) atoms. The number of benzene rings is 2. The highest BCUT2D eigenvalue weighted by Crippen LogP contribution is 2.33. The van der Waals surface area contributed by atoms with Crippen molar-refractivity contribution < 1.29 is 17.9 Å². The molecule has 0 bridgehead atoms. The molecule has 0 unspecified atom stereocenters. The number of rotatable bonds is 8. The summed E-state index contributed by atoms with van der Waals surface area (Å²) in [4.78, 5) is 14.7. The van der Waals surface area contributed by atoms with E-state index in [1.54, 1.807) is 13.1 Å². The van der Waals surface area contributed by atoms with Gasteiger partial charge in [0.05, 0.1) is 18.0 Å². The Labute approximate surface area is 179 Å². The predicted octanol–water partition coefficient (Wildman–Crippen LogP) is 3.83. The van der Waals surface area contributed by atoms with E-state index in [0.29, 0.717) is 25.4 Å². The molecular weight excluding hydrogens is 400 g/mol. The van der Waals surface area contributed by atoms with Gasteiger partial charge in [-0.15, -0.1) is 0 Å². The first-order valence-corrected chi connectivity index (χ1v) is 12.0. The molecule has 0 saturated carbocycles. The average Bonchev–Trinajstić information content (AvgIpc) is 3.00. The molecule has 0 radical (unpaired) electrons. The van der Waals surface area contributed by atoms with E-state index in [0.717, 1.165) is 34.2 Å². The third-order valence-corrected chi connectivity index (χ3v) is 6.55. The van der Waals surface area contributed by atoms with Gasteiger partial charge in [-0.05, 0) is 67.6 Å².